The molecule has 3 nitrogen and oxygen atoms in total. The Morgan fingerprint density at radius 1 is 1.35 bits per heavy atom. The molecule has 1 fully saturated rings. The summed E-state index contributed by atoms with van der Waals surface area (Å²) in [4.78, 5) is 2.22. The molecule has 1 aromatic rings. The van der Waals surface area contributed by atoms with Gasteiger partial charge in [-0.3, -0.25) is 0 Å². The van der Waals surface area contributed by atoms with Gasteiger partial charge in [-0.05, 0) is 32.0 Å². The smallest absolute Gasteiger partial charge is 0.0909 e. The van der Waals surface area contributed by atoms with Crippen molar-refractivity contribution in [3.8, 4) is 0 Å². The van der Waals surface area contributed by atoms with Gasteiger partial charge in [-0.2, -0.15) is 0 Å². The molecular weight excluding hydrogens is 212 g/mol. The first-order chi connectivity index (χ1) is 8.18. The second-order valence-corrected chi connectivity index (χ2v) is 5.12. The molecule has 1 atom stereocenters. The molecule has 17 heavy (non-hydrogen) atoms. The van der Waals surface area contributed by atoms with Crippen LogP contribution >= 0.6 is 0 Å². The maximum absolute atomic E-state index is 10.3. The zero-order valence-corrected chi connectivity index (χ0v) is 10.5. The Bertz CT molecular complexity index is 333. The van der Waals surface area contributed by atoms with Crippen molar-refractivity contribution in [3.63, 3.8) is 0 Å². The Kier molecular flexibility index (Phi) is 4.15. The van der Waals surface area contributed by atoms with Crippen molar-refractivity contribution in [2.24, 2.45) is 0 Å². The van der Waals surface area contributed by atoms with E-state index >= 15 is 0 Å². The summed E-state index contributed by atoms with van der Waals surface area (Å²) >= 11 is 0. The largest absolute Gasteiger partial charge is 0.387 e. The minimum Gasteiger partial charge on any atom is -0.387 e. The van der Waals surface area contributed by atoms with Crippen LogP contribution in [0.15, 0.2) is 30.3 Å². The fourth-order valence-corrected chi connectivity index (χ4v) is 2.41. The predicted molar refractivity (Wildman–Crippen MR) is 70.1 cm³/mol. The van der Waals surface area contributed by atoms with Crippen molar-refractivity contribution in [3.05, 3.63) is 35.9 Å². The highest BCUT2D eigenvalue weighted by Crippen LogP contribution is 2.15. The van der Waals surface area contributed by atoms with Crippen LogP contribution in [0.2, 0.25) is 0 Å². The van der Waals surface area contributed by atoms with Gasteiger partial charge in [0.25, 0.3) is 0 Å². The number of nitrogens with zero attached hydrogens (tertiary/aromatic N) is 1. The molecule has 1 aliphatic rings. The van der Waals surface area contributed by atoms with Crippen LogP contribution in [0.5, 0.6) is 0 Å². The summed E-state index contributed by atoms with van der Waals surface area (Å²) in [6.07, 6.45) is 1.91. The van der Waals surface area contributed by atoms with Gasteiger partial charge in [0, 0.05) is 19.6 Å². The summed E-state index contributed by atoms with van der Waals surface area (Å²) in [5.41, 5.74) is 0.835. The fourth-order valence-electron chi connectivity index (χ4n) is 2.41. The second kappa shape index (κ2) is 5.63. The van der Waals surface area contributed by atoms with Gasteiger partial charge >= 0.3 is 0 Å². The third kappa shape index (κ3) is 3.80. The van der Waals surface area contributed by atoms with Crippen molar-refractivity contribution >= 4 is 0 Å². The van der Waals surface area contributed by atoms with E-state index in [0.717, 1.165) is 39.0 Å². The standard InChI is InChI=1S/C14H22N2O/c1-16(12-14(17)8-9-15-11-14)10-7-13-5-3-2-4-6-13/h2-6,15,17H,7-12H2,1H3. The molecule has 1 aliphatic heterocycles. The quantitative estimate of drug-likeness (QED) is 0.794. The van der Waals surface area contributed by atoms with Crippen LogP contribution in [0.3, 0.4) is 0 Å². The predicted octanol–water partition coefficient (Wildman–Crippen LogP) is 0.885. The maximum Gasteiger partial charge on any atom is 0.0909 e. The Morgan fingerprint density at radius 3 is 2.76 bits per heavy atom. The molecule has 1 saturated heterocycles. The van der Waals surface area contributed by atoms with Gasteiger partial charge in [-0.25, -0.2) is 0 Å². The number of hydrogen-bond acceptors (Lipinski definition) is 3. The molecule has 1 aromatic carbocycles. The third-order valence-corrected chi connectivity index (χ3v) is 3.41. The van der Waals surface area contributed by atoms with Crippen LogP contribution in [0.25, 0.3) is 0 Å². The van der Waals surface area contributed by atoms with E-state index in [0.29, 0.717) is 0 Å². The maximum atomic E-state index is 10.3. The highest BCUT2D eigenvalue weighted by Gasteiger charge is 2.31. The molecule has 0 bridgehead atoms. The highest BCUT2D eigenvalue weighted by molar-refractivity contribution is 5.14. The first-order valence-electron chi connectivity index (χ1n) is 6.34. The third-order valence-electron chi connectivity index (χ3n) is 3.41. The first-order valence-corrected chi connectivity index (χ1v) is 6.34. The lowest BCUT2D eigenvalue weighted by molar-refractivity contribution is 0.0287. The van der Waals surface area contributed by atoms with Gasteiger partial charge < -0.3 is 15.3 Å². The summed E-state index contributed by atoms with van der Waals surface area (Å²) in [7, 11) is 2.08. The van der Waals surface area contributed by atoms with Crippen LogP contribution in [-0.2, 0) is 6.42 Å². The number of β-amino-alcohol motifs (C(OH)–C–C–N with tert-alkyl or cyclic N) is 1. The Hall–Kier alpha value is -0.900. The van der Waals surface area contributed by atoms with Crippen LogP contribution in [0.4, 0.5) is 0 Å². The van der Waals surface area contributed by atoms with Crippen LogP contribution in [-0.4, -0.2) is 48.8 Å². The minimum atomic E-state index is -0.522. The van der Waals surface area contributed by atoms with Gasteiger partial charge in [-0.15, -0.1) is 0 Å². The average Bonchev–Trinajstić information content (AvgIpc) is 2.74. The summed E-state index contributed by atoms with van der Waals surface area (Å²) in [5.74, 6) is 0. The molecule has 2 rings (SSSR count). The van der Waals surface area contributed by atoms with E-state index in [9.17, 15) is 5.11 Å². The van der Waals surface area contributed by atoms with E-state index in [1.54, 1.807) is 0 Å². The van der Waals surface area contributed by atoms with Crippen molar-refractivity contribution in [1.82, 2.24) is 10.2 Å². The number of rotatable bonds is 5. The Morgan fingerprint density at radius 2 is 2.12 bits per heavy atom. The summed E-state index contributed by atoms with van der Waals surface area (Å²) in [6, 6.07) is 10.5. The zero-order chi connectivity index (χ0) is 12.1. The normalized spacial score (nSPS) is 24.4. The van der Waals surface area contributed by atoms with Crippen molar-refractivity contribution < 1.29 is 5.11 Å². The topological polar surface area (TPSA) is 35.5 Å². The lowest BCUT2D eigenvalue weighted by Crippen LogP contribution is -2.43. The van der Waals surface area contributed by atoms with Crippen LogP contribution in [0, 0.1) is 0 Å². The van der Waals surface area contributed by atoms with E-state index in [2.05, 4.69) is 41.5 Å². The van der Waals surface area contributed by atoms with E-state index in [4.69, 9.17) is 0 Å². The van der Waals surface area contributed by atoms with E-state index < -0.39 is 5.60 Å². The van der Waals surface area contributed by atoms with E-state index in [1.165, 1.54) is 5.56 Å². The van der Waals surface area contributed by atoms with Crippen molar-refractivity contribution in [1.29, 1.82) is 0 Å². The molecular formula is C14H22N2O. The Balaban J connectivity index is 1.76. The average molecular weight is 234 g/mol. The molecule has 1 heterocycles. The molecule has 0 aliphatic carbocycles. The van der Waals surface area contributed by atoms with Crippen molar-refractivity contribution in [2.45, 2.75) is 18.4 Å². The Labute approximate surface area is 103 Å². The molecule has 0 spiro atoms. The summed E-state index contributed by atoms with van der Waals surface area (Å²) in [5, 5.41) is 13.5. The van der Waals surface area contributed by atoms with Gasteiger partial charge in [0.15, 0.2) is 0 Å². The SMILES string of the molecule is CN(CCc1ccccc1)CC1(O)CCNC1. The molecule has 0 radical (unpaired) electrons. The lowest BCUT2D eigenvalue weighted by Gasteiger charge is -2.27. The molecule has 94 valence electrons. The second-order valence-electron chi connectivity index (χ2n) is 5.12. The highest BCUT2D eigenvalue weighted by atomic mass is 16.3. The molecule has 0 saturated carbocycles. The van der Waals surface area contributed by atoms with Gasteiger partial charge in [0.2, 0.25) is 0 Å². The fraction of sp³-hybridized carbons (Fsp3) is 0.571. The van der Waals surface area contributed by atoms with Gasteiger partial charge in [0.1, 0.15) is 0 Å². The number of aliphatic hydroxyl groups is 1. The summed E-state index contributed by atoms with van der Waals surface area (Å²) in [6.45, 7) is 3.41. The van der Waals surface area contributed by atoms with Crippen molar-refractivity contribution in [2.75, 3.05) is 33.2 Å². The summed E-state index contributed by atoms with van der Waals surface area (Å²) < 4.78 is 0. The van der Waals surface area contributed by atoms with Crippen LogP contribution in [0.1, 0.15) is 12.0 Å². The van der Waals surface area contributed by atoms with Crippen LogP contribution < -0.4 is 5.32 Å². The number of likely N-dealkylation sites (N-methyl/N-ethyl adjacent to an activating group) is 1. The van der Waals surface area contributed by atoms with Gasteiger partial charge in [-0.1, -0.05) is 30.3 Å². The monoisotopic (exact) mass is 234 g/mol. The lowest BCUT2D eigenvalue weighted by atomic mass is 10.0. The number of nitrogens with one attached hydrogen (secondary N) is 1. The number of benzene rings is 1. The minimum absolute atomic E-state index is 0.522. The van der Waals surface area contributed by atoms with E-state index in [-0.39, 0.29) is 0 Å². The molecule has 0 aromatic heterocycles. The molecule has 2 N–H and O–H groups in total. The first kappa shape index (κ1) is 12.6. The zero-order valence-electron chi connectivity index (χ0n) is 10.5. The van der Waals surface area contributed by atoms with Gasteiger partial charge in [0.05, 0.1) is 5.60 Å². The molecule has 0 amide bonds. The molecule has 1 unspecified atom stereocenters. The van der Waals surface area contributed by atoms with E-state index in [1.807, 2.05) is 6.07 Å². The molecule has 3 heteroatoms. The number of hydrogen-bond donors (Lipinski definition) is 2.